The molecule has 0 radical (unpaired) electrons. The summed E-state index contributed by atoms with van der Waals surface area (Å²) in [5, 5.41) is 3.29. The Morgan fingerprint density at radius 1 is 1.43 bits per heavy atom. The number of nitrogens with one attached hydrogen (secondary N) is 2. The SMILES string of the molecule is CONCCN1CC(C)(C)c2ccc([C@@H](C)N(C(=O)[C@H]3CNCCO3)C3CC3)cc21. The molecular weight excluding hydrogens is 380 g/mol. The van der Waals surface area contributed by atoms with Gasteiger partial charge in [-0.25, -0.2) is 5.48 Å². The van der Waals surface area contributed by atoms with Crippen LogP contribution in [0.5, 0.6) is 0 Å². The lowest BCUT2D eigenvalue weighted by molar-refractivity contribution is -0.148. The molecule has 2 atom stereocenters. The number of carbonyl (C=O) groups is 1. The van der Waals surface area contributed by atoms with Gasteiger partial charge in [0.2, 0.25) is 0 Å². The van der Waals surface area contributed by atoms with E-state index in [2.05, 4.69) is 59.6 Å². The maximum absolute atomic E-state index is 13.3. The van der Waals surface area contributed by atoms with E-state index in [1.54, 1.807) is 7.11 Å². The topological polar surface area (TPSA) is 66.1 Å². The molecule has 7 nitrogen and oxygen atoms in total. The predicted octanol–water partition coefficient (Wildman–Crippen LogP) is 1.98. The van der Waals surface area contributed by atoms with Crippen molar-refractivity contribution in [3.8, 4) is 0 Å². The predicted molar refractivity (Wildman–Crippen MR) is 118 cm³/mol. The van der Waals surface area contributed by atoms with Crippen molar-refractivity contribution in [3.63, 3.8) is 0 Å². The van der Waals surface area contributed by atoms with Gasteiger partial charge in [0.1, 0.15) is 6.10 Å². The normalized spacial score (nSPS) is 23.9. The summed E-state index contributed by atoms with van der Waals surface area (Å²) in [4.78, 5) is 22.8. The second-order valence-electron chi connectivity index (χ2n) is 9.40. The molecule has 2 heterocycles. The molecule has 1 amide bonds. The second kappa shape index (κ2) is 8.83. The van der Waals surface area contributed by atoms with Gasteiger partial charge >= 0.3 is 0 Å². The fraction of sp³-hybridized carbons (Fsp3) is 0.696. The van der Waals surface area contributed by atoms with E-state index < -0.39 is 0 Å². The number of nitrogens with zero attached hydrogens (tertiary/aromatic N) is 2. The molecule has 1 saturated heterocycles. The molecule has 2 aliphatic heterocycles. The van der Waals surface area contributed by atoms with Gasteiger partial charge < -0.3 is 24.7 Å². The minimum atomic E-state index is -0.369. The second-order valence-corrected chi connectivity index (χ2v) is 9.40. The van der Waals surface area contributed by atoms with Crippen molar-refractivity contribution < 1.29 is 14.4 Å². The highest BCUT2D eigenvalue weighted by atomic mass is 16.6. The lowest BCUT2D eigenvalue weighted by Gasteiger charge is -2.34. The number of hydrogen-bond acceptors (Lipinski definition) is 6. The largest absolute Gasteiger partial charge is 0.369 e. The Kier molecular flexibility index (Phi) is 6.34. The summed E-state index contributed by atoms with van der Waals surface area (Å²) in [7, 11) is 1.65. The highest BCUT2D eigenvalue weighted by Crippen LogP contribution is 2.43. The first-order valence-electron chi connectivity index (χ1n) is 11.2. The Morgan fingerprint density at radius 2 is 2.23 bits per heavy atom. The van der Waals surface area contributed by atoms with Crippen molar-refractivity contribution in [2.45, 2.75) is 57.2 Å². The van der Waals surface area contributed by atoms with Gasteiger partial charge in [0.05, 0.1) is 19.8 Å². The van der Waals surface area contributed by atoms with Crippen LogP contribution in [-0.2, 0) is 19.8 Å². The molecule has 1 aromatic carbocycles. The van der Waals surface area contributed by atoms with Crippen LogP contribution in [0.3, 0.4) is 0 Å². The number of anilines is 1. The summed E-state index contributed by atoms with van der Waals surface area (Å²) < 4.78 is 5.78. The van der Waals surface area contributed by atoms with Crippen molar-refractivity contribution in [2.75, 3.05) is 51.3 Å². The van der Waals surface area contributed by atoms with Crippen LogP contribution in [0.1, 0.15) is 50.8 Å². The van der Waals surface area contributed by atoms with Crippen LogP contribution in [0.15, 0.2) is 18.2 Å². The van der Waals surface area contributed by atoms with Crippen molar-refractivity contribution in [2.24, 2.45) is 0 Å². The van der Waals surface area contributed by atoms with E-state index in [0.717, 1.165) is 39.0 Å². The number of fused-ring (bicyclic) bond motifs is 1. The monoisotopic (exact) mass is 416 g/mol. The van der Waals surface area contributed by atoms with Gasteiger partial charge in [-0.05, 0) is 37.0 Å². The molecule has 1 aromatic rings. The number of rotatable bonds is 8. The van der Waals surface area contributed by atoms with Gasteiger partial charge in [0.15, 0.2) is 0 Å². The fourth-order valence-corrected chi connectivity index (χ4v) is 4.86. The van der Waals surface area contributed by atoms with Crippen molar-refractivity contribution in [3.05, 3.63) is 29.3 Å². The van der Waals surface area contributed by atoms with Gasteiger partial charge in [-0.2, -0.15) is 0 Å². The van der Waals surface area contributed by atoms with Crippen LogP contribution in [0.25, 0.3) is 0 Å². The summed E-state index contributed by atoms with van der Waals surface area (Å²) in [5.74, 6) is 0.124. The molecule has 3 aliphatic rings. The number of amides is 1. The third-order valence-corrected chi connectivity index (χ3v) is 6.60. The number of benzene rings is 1. The van der Waals surface area contributed by atoms with Crippen LogP contribution < -0.4 is 15.7 Å². The van der Waals surface area contributed by atoms with E-state index in [1.807, 2.05) is 0 Å². The van der Waals surface area contributed by atoms with Crippen LogP contribution in [-0.4, -0.2) is 69.4 Å². The van der Waals surface area contributed by atoms with Crippen LogP contribution in [0.2, 0.25) is 0 Å². The van der Waals surface area contributed by atoms with Crippen LogP contribution in [0, 0.1) is 0 Å². The van der Waals surface area contributed by atoms with Crippen molar-refractivity contribution in [1.29, 1.82) is 0 Å². The minimum absolute atomic E-state index is 0.0310. The van der Waals surface area contributed by atoms with Gasteiger partial charge in [-0.15, -0.1) is 0 Å². The van der Waals surface area contributed by atoms with E-state index in [-0.39, 0.29) is 23.5 Å². The molecular formula is C23H36N4O3. The molecule has 166 valence electrons. The number of ether oxygens (including phenoxy) is 1. The summed E-state index contributed by atoms with van der Waals surface area (Å²) in [6.07, 6.45) is 1.80. The van der Waals surface area contributed by atoms with Gasteiger partial charge in [-0.3, -0.25) is 4.79 Å². The molecule has 0 unspecified atom stereocenters. The molecule has 4 rings (SSSR count). The highest BCUT2D eigenvalue weighted by Gasteiger charge is 2.41. The number of carbonyl (C=O) groups excluding carboxylic acids is 1. The van der Waals surface area contributed by atoms with E-state index in [1.165, 1.54) is 16.8 Å². The maximum Gasteiger partial charge on any atom is 0.253 e. The first-order valence-corrected chi connectivity index (χ1v) is 11.2. The molecule has 0 spiro atoms. The van der Waals surface area contributed by atoms with Gasteiger partial charge in [-0.1, -0.05) is 26.0 Å². The third kappa shape index (κ3) is 4.35. The minimum Gasteiger partial charge on any atom is -0.369 e. The van der Waals surface area contributed by atoms with E-state index in [4.69, 9.17) is 9.57 Å². The lowest BCUT2D eigenvalue weighted by atomic mass is 9.86. The Bertz CT molecular complexity index is 759. The molecule has 30 heavy (non-hydrogen) atoms. The van der Waals surface area contributed by atoms with Gasteiger partial charge in [0.25, 0.3) is 5.91 Å². The number of hydroxylamine groups is 1. The zero-order chi connectivity index (χ0) is 21.3. The average molecular weight is 417 g/mol. The molecule has 2 N–H and O–H groups in total. The molecule has 7 heteroatoms. The van der Waals surface area contributed by atoms with E-state index in [0.29, 0.717) is 19.2 Å². The summed E-state index contributed by atoms with van der Waals surface area (Å²) >= 11 is 0. The maximum atomic E-state index is 13.3. The third-order valence-electron chi connectivity index (χ3n) is 6.60. The summed E-state index contributed by atoms with van der Waals surface area (Å²) in [6.45, 7) is 11.4. The average Bonchev–Trinajstić information content (AvgIpc) is 3.54. The Labute approximate surface area is 180 Å². The quantitative estimate of drug-likeness (QED) is 0.499. The standard InChI is InChI=1S/C23H36N4O3/c1-16(27(18-6-7-18)22(28)21-14-24-10-12-30-21)17-5-8-19-20(13-17)26(11-9-25-29-4)15-23(19,2)3/h5,8,13,16,18,21,24-25H,6-7,9-12,14-15H2,1-4H3/t16-,21-/m1/s1. The van der Waals surface area contributed by atoms with Gasteiger partial charge in [0, 0.05) is 49.9 Å². The fourth-order valence-electron chi connectivity index (χ4n) is 4.86. The summed E-state index contributed by atoms with van der Waals surface area (Å²) in [6, 6.07) is 7.14. The first kappa shape index (κ1) is 21.6. The molecule has 0 aromatic heterocycles. The van der Waals surface area contributed by atoms with Crippen LogP contribution in [0.4, 0.5) is 5.69 Å². The Balaban J connectivity index is 1.56. The Morgan fingerprint density at radius 3 is 2.90 bits per heavy atom. The van der Waals surface area contributed by atoms with E-state index in [9.17, 15) is 4.79 Å². The smallest absolute Gasteiger partial charge is 0.253 e. The molecule has 0 bridgehead atoms. The van der Waals surface area contributed by atoms with Crippen molar-refractivity contribution in [1.82, 2.24) is 15.7 Å². The highest BCUT2D eigenvalue weighted by molar-refractivity contribution is 5.82. The zero-order valence-corrected chi connectivity index (χ0v) is 18.7. The number of hydrogen-bond donors (Lipinski definition) is 2. The molecule has 2 fully saturated rings. The number of morpholine rings is 1. The summed E-state index contributed by atoms with van der Waals surface area (Å²) in [5.41, 5.74) is 6.91. The zero-order valence-electron chi connectivity index (χ0n) is 18.7. The van der Waals surface area contributed by atoms with E-state index >= 15 is 0 Å². The van der Waals surface area contributed by atoms with Crippen molar-refractivity contribution >= 4 is 11.6 Å². The Hall–Kier alpha value is -1.67. The van der Waals surface area contributed by atoms with Crippen LogP contribution >= 0.6 is 0 Å². The first-order chi connectivity index (χ1) is 14.4. The lowest BCUT2D eigenvalue weighted by Crippen LogP contribution is -2.50. The molecule has 1 aliphatic carbocycles. The molecule has 1 saturated carbocycles.